The van der Waals surface area contributed by atoms with E-state index in [1.165, 1.54) is 6.26 Å². The Morgan fingerprint density at radius 2 is 2.15 bits per heavy atom. The van der Waals surface area contributed by atoms with E-state index >= 15 is 0 Å². The third-order valence-corrected chi connectivity index (χ3v) is 1.60. The molecule has 0 aromatic carbocycles. The van der Waals surface area contributed by atoms with Crippen molar-refractivity contribution in [2.75, 3.05) is 0 Å². The minimum Gasteiger partial charge on any atom is -0.475 e. The summed E-state index contributed by atoms with van der Waals surface area (Å²) in [5.74, 6) is -1.00. The molecule has 0 saturated heterocycles. The molecule has 1 rings (SSSR count). The molecular weight excluding hydrogens is 168 g/mol. The Kier molecular flexibility index (Phi) is 2.45. The van der Waals surface area contributed by atoms with Crippen LogP contribution in [0.15, 0.2) is 16.7 Å². The first-order chi connectivity index (χ1) is 5.88. The molecular formula is C10H14O3. The van der Waals surface area contributed by atoms with Crippen LogP contribution in [-0.4, -0.2) is 11.1 Å². The highest BCUT2D eigenvalue weighted by atomic mass is 16.4. The van der Waals surface area contributed by atoms with Crippen molar-refractivity contribution in [1.29, 1.82) is 0 Å². The molecule has 0 aliphatic rings. The normalized spacial score (nSPS) is 11.6. The van der Waals surface area contributed by atoms with E-state index in [1.54, 1.807) is 6.07 Å². The van der Waals surface area contributed by atoms with Crippen molar-refractivity contribution >= 4 is 5.97 Å². The second kappa shape index (κ2) is 3.24. The molecule has 0 amide bonds. The Labute approximate surface area is 77.4 Å². The summed E-state index contributed by atoms with van der Waals surface area (Å²) in [5.41, 5.74) is 1.09. The van der Waals surface area contributed by atoms with Gasteiger partial charge in [-0.25, -0.2) is 4.79 Å². The Hall–Kier alpha value is -1.25. The Balaban J connectivity index is 2.75. The summed E-state index contributed by atoms with van der Waals surface area (Å²) >= 11 is 0. The van der Waals surface area contributed by atoms with Gasteiger partial charge in [0.15, 0.2) is 0 Å². The van der Waals surface area contributed by atoms with Gasteiger partial charge in [-0.1, -0.05) is 20.8 Å². The van der Waals surface area contributed by atoms with Crippen LogP contribution in [0.3, 0.4) is 0 Å². The van der Waals surface area contributed by atoms with Crippen LogP contribution in [0.1, 0.15) is 36.9 Å². The van der Waals surface area contributed by atoms with E-state index < -0.39 is 5.97 Å². The highest BCUT2D eigenvalue weighted by molar-refractivity contribution is 5.84. The summed E-state index contributed by atoms with van der Waals surface area (Å²) in [6.45, 7) is 6.29. The number of carbonyl (C=O) groups is 1. The quantitative estimate of drug-likeness (QED) is 0.764. The van der Waals surface area contributed by atoms with Crippen molar-refractivity contribution < 1.29 is 14.3 Å². The largest absolute Gasteiger partial charge is 0.475 e. The van der Waals surface area contributed by atoms with Gasteiger partial charge in [0.2, 0.25) is 5.76 Å². The van der Waals surface area contributed by atoms with E-state index in [1.807, 2.05) is 0 Å². The number of hydrogen-bond donors (Lipinski definition) is 1. The van der Waals surface area contributed by atoms with Crippen molar-refractivity contribution in [2.24, 2.45) is 5.41 Å². The highest BCUT2D eigenvalue weighted by Crippen LogP contribution is 2.21. The molecule has 3 nitrogen and oxygen atoms in total. The van der Waals surface area contributed by atoms with Gasteiger partial charge in [0.05, 0.1) is 6.26 Å². The van der Waals surface area contributed by atoms with Gasteiger partial charge in [-0.15, -0.1) is 0 Å². The lowest BCUT2D eigenvalue weighted by atomic mass is 9.89. The monoisotopic (exact) mass is 182 g/mol. The van der Waals surface area contributed by atoms with E-state index in [0.717, 1.165) is 12.0 Å². The van der Waals surface area contributed by atoms with Crippen LogP contribution in [0.2, 0.25) is 0 Å². The topological polar surface area (TPSA) is 50.4 Å². The zero-order valence-corrected chi connectivity index (χ0v) is 8.13. The molecule has 13 heavy (non-hydrogen) atoms. The van der Waals surface area contributed by atoms with E-state index in [-0.39, 0.29) is 11.2 Å². The lowest BCUT2D eigenvalue weighted by Crippen LogP contribution is -2.08. The lowest BCUT2D eigenvalue weighted by molar-refractivity contribution is 0.0662. The zero-order chi connectivity index (χ0) is 10.1. The van der Waals surface area contributed by atoms with Gasteiger partial charge < -0.3 is 9.52 Å². The maximum absolute atomic E-state index is 10.5. The number of carboxylic acids is 1. The van der Waals surface area contributed by atoms with E-state index in [9.17, 15) is 4.79 Å². The van der Waals surface area contributed by atoms with Crippen LogP contribution in [0.5, 0.6) is 0 Å². The molecule has 0 saturated carbocycles. The molecule has 72 valence electrons. The summed E-state index contributed by atoms with van der Waals surface area (Å²) in [7, 11) is 0. The zero-order valence-electron chi connectivity index (χ0n) is 8.13. The van der Waals surface area contributed by atoms with Crippen LogP contribution in [0.4, 0.5) is 0 Å². The summed E-state index contributed by atoms with van der Waals surface area (Å²) < 4.78 is 4.87. The molecule has 0 radical (unpaired) electrons. The fourth-order valence-electron chi connectivity index (χ4n) is 1.19. The molecule has 1 aromatic rings. The summed E-state index contributed by atoms with van der Waals surface area (Å²) in [4.78, 5) is 10.5. The van der Waals surface area contributed by atoms with Gasteiger partial charge in [-0.2, -0.15) is 0 Å². The molecule has 0 aliphatic heterocycles. The van der Waals surface area contributed by atoms with Gasteiger partial charge in [-0.05, 0) is 23.5 Å². The van der Waals surface area contributed by atoms with E-state index in [2.05, 4.69) is 20.8 Å². The van der Waals surface area contributed by atoms with Gasteiger partial charge >= 0.3 is 5.97 Å². The molecule has 0 fully saturated rings. The maximum atomic E-state index is 10.5. The van der Waals surface area contributed by atoms with Crippen LogP contribution in [0.25, 0.3) is 0 Å². The second-order valence-corrected chi connectivity index (χ2v) is 4.36. The molecule has 1 aromatic heterocycles. The van der Waals surface area contributed by atoms with Crippen molar-refractivity contribution in [3.8, 4) is 0 Å². The number of furan rings is 1. The lowest BCUT2D eigenvalue weighted by Gasteiger charge is -2.15. The molecule has 0 spiro atoms. The summed E-state index contributed by atoms with van der Waals surface area (Å²) in [6, 6.07) is 1.58. The van der Waals surface area contributed by atoms with E-state index in [0.29, 0.717) is 0 Å². The van der Waals surface area contributed by atoms with Crippen LogP contribution in [-0.2, 0) is 6.42 Å². The van der Waals surface area contributed by atoms with Crippen LogP contribution >= 0.6 is 0 Å². The van der Waals surface area contributed by atoms with Crippen LogP contribution in [0, 0.1) is 5.41 Å². The molecule has 1 heterocycles. The van der Waals surface area contributed by atoms with Crippen molar-refractivity contribution in [3.63, 3.8) is 0 Å². The average Bonchev–Trinajstić information content (AvgIpc) is 2.31. The van der Waals surface area contributed by atoms with Crippen LogP contribution < -0.4 is 0 Å². The smallest absolute Gasteiger partial charge is 0.371 e. The number of rotatable bonds is 2. The Bertz CT molecular complexity index is 304. The molecule has 0 aliphatic carbocycles. The van der Waals surface area contributed by atoms with Gasteiger partial charge in [0.25, 0.3) is 0 Å². The summed E-state index contributed by atoms with van der Waals surface area (Å²) in [6.07, 6.45) is 2.33. The van der Waals surface area contributed by atoms with Gasteiger partial charge in [0.1, 0.15) is 0 Å². The first-order valence-electron chi connectivity index (χ1n) is 4.19. The Morgan fingerprint density at radius 3 is 2.54 bits per heavy atom. The molecule has 3 heteroatoms. The first kappa shape index (κ1) is 9.84. The minimum atomic E-state index is -1.01. The second-order valence-electron chi connectivity index (χ2n) is 4.36. The maximum Gasteiger partial charge on any atom is 0.371 e. The predicted octanol–water partition coefficient (Wildman–Crippen LogP) is 2.57. The number of aromatic carboxylic acids is 1. The Morgan fingerprint density at radius 1 is 1.54 bits per heavy atom. The molecule has 0 bridgehead atoms. The summed E-state index contributed by atoms with van der Waals surface area (Å²) in [5, 5.41) is 8.60. The van der Waals surface area contributed by atoms with Crippen molar-refractivity contribution in [2.45, 2.75) is 27.2 Å². The van der Waals surface area contributed by atoms with E-state index in [4.69, 9.17) is 9.52 Å². The first-order valence-corrected chi connectivity index (χ1v) is 4.19. The molecule has 1 N–H and O–H groups in total. The number of carboxylic acid groups (broad SMARTS) is 1. The highest BCUT2D eigenvalue weighted by Gasteiger charge is 2.15. The fraction of sp³-hybridized carbons (Fsp3) is 0.500. The fourth-order valence-corrected chi connectivity index (χ4v) is 1.19. The third kappa shape index (κ3) is 2.93. The third-order valence-electron chi connectivity index (χ3n) is 1.60. The molecule has 0 unspecified atom stereocenters. The van der Waals surface area contributed by atoms with Crippen molar-refractivity contribution in [3.05, 3.63) is 23.7 Å². The average molecular weight is 182 g/mol. The number of hydrogen-bond acceptors (Lipinski definition) is 2. The minimum absolute atomic E-state index is 0.0132. The predicted molar refractivity (Wildman–Crippen MR) is 48.8 cm³/mol. The van der Waals surface area contributed by atoms with Gasteiger partial charge in [0, 0.05) is 0 Å². The standard InChI is InChI=1S/C10H14O3/c1-10(2,3)5-7-4-8(9(11)12)13-6-7/h4,6H,5H2,1-3H3,(H,11,12). The van der Waals surface area contributed by atoms with Gasteiger partial charge in [-0.3, -0.25) is 0 Å². The van der Waals surface area contributed by atoms with Crippen molar-refractivity contribution in [1.82, 2.24) is 0 Å². The SMILES string of the molecule is CC(C)(C)Cc1coc(C(=O)O)c1. The molecule has 0 atom stereocenters.